The number of anilines is 1. The molecule has 1 unspecified atom stereocenters. The maximum atomic E-state index is 14.7. The van der Waals surface area contributed by atoms with Crippen LogP contribution in [0.5, 0.6) is 0 Å². The van der Waals surface area contributed by atoms with Gasteiger partial charge in [-0.25, -0.2) is 0 Å². The third-order valence-electron chi connectivity index (χ3n) is 7.96. The molecular weight excluding hydrogens is 522 g/mol. The first-order valence-corrected chi connectivity index (χ1v) is 14.3. The predicted molar refractivity (Wildman–Crippen MR) is 164 cm³/mol. The van der Waals surface area contributed by atoms with E-state index in [4.69, 9.17) is 4.74 Å². The minimum Gasteiger partial charge on any atom is -0.459 e. The summed E-state index contributed by atoms with van der Waals surface area (Å²) in [6, 6.07) is 34.8. The molecule has 0 saturated heterocycles. The lowest BCUT2D eigenvalue weighted by atomic mass is 9.73. The van der Waals surface area contributed by atoms with Crippen molar-refractivity contribution >= 4 is 28.9 Å². The first kappa shape index (κ1) is 27.4. The third kappa shape index (κ3) is 4.85. The molecule has 1 heterocycles. The molecular formula is C37H33NO4. The van der Waals surface area contributed by atoms with Crippen LogP contribution in [0.3, 0.4) is 0 Å². The van der Waals surface area contributed by atoms with Gasteiger partial charge < -0.3 is 9.64 Å². The summed E-state index contributed by atoms with van der Waals surface area (Å²) in [7, 11) is 0. The van der Waals surface area contributed by atoms with Gasteiger partial charge in [0.2, 0.25) is 0 Å². The summed E-state index contributed by atoms with van der Waals surface area (Å²) in [5.74, 6) is -2.11. The van der Waals surface area contributed by atoms with Gasteiger partial charge in [-0.1, -0.05) is 109 Å². The fraction of sp³-hybridized carbons (Fsp3) is 0.216. The Kier molecular flexibility index (Phi) is 6.90. The molecule has 1 amide bonds. The molecule has 210 valence electrons. The number of esters is 1. The molecule has 5 heteroatoms. The molecule has 0 aromatic heterocycles. The number of allylic oxidation sites excluding steroid dienone is 1. The highest BCUT2D eigenvalue weighted by Crippen LogP contribution is 2.50. The van der Waals surface area contributed by atoms with Crippen LogP contribution in [0.15, 0.2) is 115 Å². The van der Waals surface area contributed by atoms with Crippen molar-refractivity contribution in [2.24, 2.45) is 0 Å². The number of amides is 1. The van der Waals surface area contributed by atoms with Gasteiger partial charge in [-0.3, -0.25) is 14.4 Å². The topological polar surface area (TPSA) is 63.7 Å². The van der Waals surface area contributed by atoms with Crippen molar-refractivity contribution < 1.29 is 19.1 Å². The zero-order valence-corrected chi connectivity index (χ0v) is 24.0. The van der Waals surface area contributed by atoms with E-state index in [9.17, 15) is 14.4 Å². The molecule has 2 atom stereocenters. The highest BCUT2D eigenvalue weighted by molar-refractivity contribution is 6.33. The standard InChI is InChI=1S/C37H33NO4/c1-36(2,3)42-35(41)32-28-19-10-12-20-30(28)37(33(32)39,22-25-14-6-4-7-15-25)23-29-27-18-11-13-21-31(27)38(34(29)40)24-26-16-8-5-9-17-26/h4-21,23,32H,22,24H2,1-3H3/b29-23+/t32-,37?/m0/s1. The van der Waals surface area contributed by atoms with Crippen molar-refractivity contribution in [3.63, 3.8) is 0 Å². The van der Waals surface area contributed by atoms with Gasteiger partial charge in [-0.15, -0.1) is 0 Å². The van der Waals surface area contributed by atoms with E-state index in [0.717, 1.165) is 27.9 Å². The van der Waals surface area contributed by atoms with E-state index < -0.39 is 22.9 Å². The first-order valence-electron chi connectivity index (χ1n) is 14.3. The Labute approximate surface area is 246 Å². The van der Waals surface area contributed by atoms with Gasteiger partial charge in [0, 0.05) is 11.1 Å². The molecule has 1 aliphatic heterocycles. The van der Waals surface area contributed by atoms with Crippen LogP contribution in [-0.4, -0.2) is 23.3 Å². The monoisotopic (exact) mass is 555 g/mol. The van der Waals surface area contributed by atoms with Gasteiger partial charge in [-0.05, 0) is 55.5 Å². The van der Waals surface area contributed by atoms with Crippen molar-refractivity contribution in [1.29, 1.82) is 0 Å². The van der Waals surface area contributed by atoms with E-state index >= 15 is 0 Å². The second kappa shape index (κ2) is 10.6. The number of nitrogens with zero attached hydrogens (tertiary/aromatic N) is 1. The Morgan fingerprint density at radius 2 is 1.40 bits per heavy atom. The van der Waals surface area contributed by atoms with E-state index in [0.29, 0.717) is 24.1 Å². The Hall–Kier alpha value is -4.77. The molecule has 0 fully saturated rings. The Bertz CT molecular complexity index is 1700. The maximum Gasteiger partial charge on any atom is 0.321 e. The fourth-order valence-corrected chi connectivity index (χ4v) is 6.20. The Balaban J connectivity index is 1.53. The number of fused-ring (bicyclic) bond motifs is 2. The highest BCUT2D eigenvalue weighted by Gasteiger charge is 2.55. The number of ketones is 1. The molecule has 2 aliphatic rings. The third-order valence-corrected chi connectivity index (χ3v) is 7.96. The van der Waals surface area contributed by atoms with Crippen LogP contribution in [0.1, 0.15) is 54.5 Å². The van der Waals surface area contributed by atoms with Gasteiger partial charge >= 0.3 is 5.97 Å². The lowest BCUT2D eigenvalue weighted by molar-refractivity contribution is -0.158. The Morgan fingerprint density at radius 1 is 0.810 bits per heavy atom. The van der Waals surface area contributed by atoms with Crippen LogP contribution in [0.25, 0.3) is 5.57 Å². The van der Waals surface area contributed by atoms with Gasteiger partial charge in [0.05, 0.1) is 17.6 Å². The number of ether oxygens (including phenoxy) is 1. The van der Waals surface area contributed by atoms with Crippen molar-refractivity contribution in [3.8, 4) is 0 Å². The second-order valence-electron chi connectivity index (χ2n) is 12.0. The van der Waals surface area contributed by atoms with Crippen molar-refractivity contribution in [3.05, 3.63) is 143 Å². The van der Waals surface area contributed by atoms with Crippen molar-refractivity contribution in [2.45, 2.75) is 50.7 Å². The summed E-state index contributed by atoms with van der Waals surface area (Å²) >= 11 is 0. The predicted octanol–water partition coefficient (Wildman–Crippen LogP) is 6.81. The summed E-state index contributed by atoms with van der Waals surface area (Å²) < 4.78 is 5.77. The molecule has 5 nitrogen and oxygen atoms in total. The van der Waals surface area contributed by atoms with Crippen LogP contribution >= 0.6 is 0 Å². The number of carbonyl (C=O) groups is 3. The number of benzene rings is 4. The zero-order valence-electron chi connectivity index (χ0n) is 24.0. The van der Waals surface area contributed by atoms with E-state index in [1.54, 1.807) is 25.7 Å². The number of para-hydroxylation sites is 1. The summed E-state index contributed by atoms with van der Waals surface area (Å²) in [6.45, 7) is 5.80. The minimum absolute atomic E-state index is 0.168. The number of rotatable bonds is 6. The summed E-state index contributed by atoms with van der Waals surface area (Å²) in [6.07, 6.45) is 2.14. The molecule has 0 N–H and O–H groups in total. The largest absolute Gasteiger partial charge is 0.459 e. The summed E-state index contributed by atoms with van der Waals surface area (Å²) in [5, 5.41) is 0. The summed E-state index contributed by atoms with van der Waals surface area (Å²) in [4.78, 5) is 44.3. The van der Waals surface area contributed by atoms with E-state index in [1.807, 2.05) is 115 Å². The SMILES string of the molecule is CC(C)(C)OC(=O)[C@@H]1C(=O)C(/C=C2/C(=O)N(Cc3ccccc3)c3ccccc32)(Cc2ccccc2)c2ccccc21. The van der Waals surface area contributed by atoms with Gasteiger partial charge in [0.1, 0.15) is 11.5 Å². The fourth-order valence-electron chi connectivity index (χ4n) is 6.20. The molecule has 42 heavy (non-hydrogen) atoms. The van der Waals surface area contributed by atoms with E-state index in [-0.39, 0.29) is 11.7 Å². The maximum absolute atomic E-state index is 14.7. The van der Waals surface area contributed by atoms with Crippen LogP contribution in [-0.2, 0) is 37.5 Å². The Morgan fingerprint density at radius 3 is 2.10 bits per heavy atom. The molecule has 0 bridgehead atoms. The average molecular weight is 556 g/mol. The van der Waals surface area contributed by atoms with Crippen molar-refractivity contribution in [2.75, 3.05) is 4.90 Å². The number of hydrogen-bond donors (Lipinski definition) is 0. The molecule has 4 aromatic carbocycles. The molecule has 0 radical (unpaired) electrons. The van der Waals surface area contributed by atoms with E-state index in [1.165, 1.54) is 0 Å². The zero-order chi connectivity index (χ0) is 29.5. The summed E-state index contributed by atoms with van der Waals surface area (Å²) in [5.41, 5.74) is 3.33. The lowest BCUT2D eigenvalue weighted by Gasteiger charge is -2.28. The molecule has 1 aliphatic carbocycles. The quantitative estimate of drug-likeness (QED) is 0.149. The molecule has 4 aromatic rings. The van der Waals surface area contributed by atoms with Gasteiger partial charge in [0.25, 0.3) is 5.91 Å². The van der Waals surface area contributed by atoms with Crippen LogP contribution in [0.4, 0.5) is 5.69 Å². The second-order valence-corrected chi connectivity index (χ2v) is 12.0. The average Bonchev–Trinajstić information content (AvgIpc) is 3.37. The first-order chi connectivity index (χ1) is 20.2. The number of Topliss-reactive ketones (excluding diaryl/α,β-unsaturated/α-hetero) is 1. The molecule has 6 rings (SSSR count). The highest BCUT2D eigenvalue weighted by atomic mass is 16.6. The lowest BCUT2D eigenvalue weighted by Crippen LogP contribution is -2.38. The van der Waals surface area contributed by atoms with Crippen molar-refractivity contribution in [1.82, 2.24) is 0 Å². The van der Waals surface area contributed by atoms with Gasteiger partial charge in [-0.2, -0.15) is 0 Å². The van der Waals surface area contributed by atoms with Gasteiger partial charge in [0.15, 0.2) is 5.78 Å². The van der Waals surface area contributed by atoms with E-state index in [2.05, 4.69) is 0 Å². The van der Waals surface area contributed by atoms with Crippen LogP contribution in [0, 0.1) is 0 Å². The number of carbonyl (C=O) groups excluding carboxylic acids is 3. The molecule has 0 saturated carbocycles. The van der Waals surface area contributed by atoms with Crippen LogP contribution < -0.4 is 4.90 Å². The minimum atomic E-state index is -1.25. The van der Waals surface area contributed by atoms with Crippen LogP contribution in [0.2, 0.25) is 0 Å². The smallest absolute Gasteiger partial charge is 0.321 e. The normalized spacial score (nSPS) is 20.5. The number of hydrogen-bond acceptors (Lipinski definition) is 4. The molecule has 0 spiro atoms.